The second-order valence-corrected chi connectivity index (χ2v) is 5.96. The molecule has 1 unspecified atom stereocenters. The fourth-order valence-corrected chi connectivity index (χ4v) is 3.84. The van der Waals surface area contributed by atoms with E-state index in [2.05, 4.69) is 27.8 Å². The Morgan fingerprint density at radius 2 is 2.35 bits per heavy atom. The molecular weight excluding hydrogens is 254 g/mol. The highest BCUT2D eigenvalue weighted by molar-refractivity contribution is 7.26. The first kappa shape index (κ1) is 10.9. The van der Waals surface area contributed by atoms with Crippen LogP contribution in [0.5, 0.6) is 0 Å². The lowest BCUT2D eigenvalue weighted by Gasteiger charge is -2.04. The predicted molar refractivity (Wildman–Crippen MR) is 69.4 cm³/mol. The van der Waals surface area contributed by atoms with Crippen LogP contribution in [-0.4, -0.2) is 20.1 Å². The molecule has 3 rings (SSSR count). The SMILES string of the molecule is Cn1cc(CC(O)c2cc3sccc3s2)nn1. The van der Waals surface area contributed by atoms with Gasteiger partial charge in [-0.2, -0.15) is 0 Å². The standard InChI is InChI=1S/C11H11N3OS2/c1-14-6-7(12-13-14)4-8(15)10-5-11-9(17-10)2-3-16-11/h2-3,5-6,8,15H,4H2,1H3. The third-order valence-electron chi connectivity index (χ3n) is 2.54. The molecule has 0 saturated carbocycles. The molecule has 17 heavy (non-hydrogen) atoms. The van der Waals surface area contributed by atoms with Crippen LogP contribution in [0.25, 0.3) is 9.40 Å². The topological polar surface area (TPSA) is 50.9 Å². The van der Waals surface area contributed by atoms with Gasteiger partial charge in [0.2, 0.25) is 0 Å². The maximum absolute atomic E-state index is 10.1. The summed E-state index contributed by atoms with van der Waals surface area (Å²) in [5, 5.41) is 20.1. The molecule has 0 radical (unpaired) electrons. The van der Waals surface area contributed by atoms with Crippen molar-refractivity contribution in [3.05, 3.63) is 34.3 Å². The van der Waals surface area contributed by atoms with Crippen LogP contribution in [0.4, 0.5) is 0 Å². The molecular formula is C11H11N3OS2. The quantitative estimate of drug-likeness (QED) is 0.791. The molecule has 0 bridgehead atoms. The Morgan fingerprint density at radius 1 is 1.47 bits per heavy atom. The van der Waals surface area contributed by atoms with Gasteiger partial charge in [0.05, 0.1) is 11.8 Å². The Morgan fingerprint density at radius 3 is 3.06 bits per heavy atom. The molecule has 1 atom stereocenters. The van der Waals surface area contributed by atoms with Crippen molar-refractivity contribution in [2.75, 3.05) is 0 Å². The largest absolute Gasteiger partial charge is 0.387 e. The van der Waals surface area contributed by atoms with E-state index in [-0.39, 0.29) is 0 Å². The second-order valence-electron chi connectivity index (χ2n) is 3.90. The van der Waals surface area contributed by atoms with Crippen molar-refractivity contribution < 1.29 is 5.11 Å². The van der Waals surface area contributed by atoms with Gasteiger partial charge in [-0.15, -0.1) is 27.8 Å². The van der Waals surface area contributed by atoms with E-state index in [4.69, 9.17) is 0 Å². The minimum absolute atomic E-state index is 0.490. The Bertz CT molecular complexity index is 611. The summed E-state index contributed by atoms with van der Waals surface area (Å²) in [6.45, 7) is 0. The third kappa shape index (κ3) is 2.11. The monoisotopic (exact) mass is 265 g/mol. The van der Waals surface area contributed by atoms with Crippen LogP contribution in [0.3, 0.4) is 0 Å². The van der Waals surface area contributed by atoms with E-state index in [0.717, 1.165) is 10.6 Å². The molecule has 0 saturated heterocycles. The highest BCUT2D eigenvalue weighted by Gasteiger charge is 2.14. The van der Waals surface area contributed by atoms with E-state index < -0.39 is 6.10 Å². The molecule has 3 aromatic rings. The summed E-state index contributed by atoms with van der Waals surface area (Å²) in [6.07, 6.45) is 1.86. The van der Waals surface area contributed by atoms with Crippen LogP contribution in [-0.2, 0) is 13.5 Å². The molecule has 88 valence electrons. The molecule has 0 spiro atoms. The molecule has 0 fully saturated rings. The summed E-state index contributed by atoms with van der Waals surface area (Å²) in [5.41, 5.74) is 0.816. The molecule has 3 heterocycles. The van der Waals surface area contributed by atoms with E-state index >= 15 is 0 Å². The number of aryl methyl sites for hydroxylation is 1. The number of fused-ring (bicyclic) bond motifs is 1. The van der Waals surface area contributed by atoms with E-state index in [1.807, 2.05) is 13.2 Å². The van der Waals surface area contributed by atoms with Gasteiger partial charge in [-0.1, -0.05) is 5.21 Å². The van der Waals surface area contributed by atoms with E-state index in [1.54, 1.807) is 27.4 Å². The van der Waals surface area contributed by atoms with Crippen LogP contribution in [0.1, 0.15) is 16.7 Å². The molecule has 3 aromatic heterocycles. The predicted octanol–water partition coefficient (Wildman–Crippen LogP) is 2.37. The highest BCUT2D eigenvalue weighted by atomic mass is 32.1. The molecule has 0 aliphatic heterocycles. The van der Waals surface area contributed by atoms with Crippen molar-refractivity contribution in [1.29, 1.82) is 0 Å². The zero-order chi connectivity index (χ0) is 11.8. The molecule has 0 aromatic carbocycles. The minimum Gasteiger partial charge on any atom is -0.387 e. The lowest BCUT2D eigenvalue weighted by atomic mass is 10.2. The minimum atomic E-state index is -0.490. The normalized spacial score (nSPS) is 13.3. The smallest absolute Gasteiger partial charge is 0.0939 e. The zero-order valence-electron chi connectivity index (χ0n) is 9.20. The molecule has 4 nitrogen and oxygen atoms in total. The van der Waals surface area contributed by atoms with Gasteiger partial charge in [-0.05, 0) is 17.5 Å². The lowest BCUT2D eigenvalue weighted by molar-refractivity contribution is 0.181. The average molecular weight is 265 g/mol. The average Bonchev–Trinajstić information content (AvgIpc) is 2.92. The number of aliphatic hydroxyl groups is 1. The van der Waals surface area contributed by atoms with E-state index in [9.17, 15) is 5.11 Å². The van der Waals surface area contributed by atoms with Gasteiger partial charge in [0, 0.05) is 33.9 Å². The maximum atomic E-state index is 10.1. The Hall–Kier alpha value is -1.24. The summed E-state index contributed by atoms with van der Waals surface area (Å²) in [6, 6.07) is 4.15. The fourth-order valence-electron chi connectivity index (χ4n) is 1.74. The number of aliphatic hydroxyl groups excluding tert-OH is 1. The zero-order valence-corrected chi connectivity index (χ0v) is 10.8. The number of thiophene rings is 2. The van der Waals surface area contributed by atoms with Gasteiger partial charge in [0.15, 0.2) is 0 Å². The number of hydrogen-bond acceptors (Lipinski definition) is 5. The van der Waals surface area contributed by atoms with Crippen LogP contribution >= 0.6 is 22.7 Å². The van der Waals surface area contributed by atoms with Crippen molar-refractivity contribution in [3.63, 3.8) is 0 Å². The summed E-state index contributed by atoms with van der Waals surface area (Å²) in [4.78, 5) is 0.998. The Labute approximate surface area is 106 Å². The van der Waals surface area contributed by atoms with Gasteiger partial charge < -0.3 is 5.11 Å². The summed E-state index contributed by atoms with van der Waals surface area (Å²) < 4.78 is 4.13. The van der Waals surface area contributed by atoms with Gasteiger partial charge >= 0.3 is 0 Å². The van der Waals surface area contributed by atoms with E-state index in [0.29, 0.717) is 6.42 Å². The summed E-state index contributed by atoms with van der Waals surface area (Å²) in [5.74, 6) is 0. The first-order valence-electron chi connectivity index (χ1n) is 5.22. The first-order valence-corrected chi connectivity index (χ1v) is 6.92. The van der Waals surface area contributed by atoms with Crippen molar-refractivity contribution in [2.24, 2.45) is 7.05 Å². The van der Waals surface area contributed by atoms with Crippen LogP contribution < -0.4 is 0 Å². The van der Waals surface area contributed by atoms with Gasteiger partial charge in [-0.25, -0.2) is 0 Å². The molecule has 0 aliphatic carbocycles. The van der Waals surface area contributed by atoms with Gasteiger partial charge in [0.1, 0.15) is 0 Å². The second kappa shape index (κ2) is 4.21. The molecule has 1 N–H and O–H groups in total. The summed E-state index contributed by atoms with van der Waals surface area (Å²) >= 11 is 3.35. The number of nitrogens with zero attached hydrogens (tertiary/aromatic N) is 3. The molecule has 6 heteroatoms. The number of aromatic nitrogens is 3. The van der Waals surface area contributed by atoms with E-state index in [1.165, 1.54) is 9.40 Å². The molecule has 0 aliphatic rings. The van der Waals surface area contributed by atoms with Gasteiger partial charge in [0.25, 0.3) is 0 Å². The third-order valence-corrected chi connectivity index (χ3v) is 4.73. The fraction of sp³-hybridized carbons (Fsp3) is 0.273. The highest BCUT2D eigenvalue weighted by Crippen LogP contribution is 2.34. The number of rotatable bonds is 3. The Kier molecular flexibility index (Phi) is 2.70. The van der Waals surface area contributed by atoms with Gasteiger partial charge in [-0.3, -0.25) is 4.68 Å². The van der Waals surface area contributed by atoms with Crippen LogP contribution in [0, 0.1) is 0 Å². The molecule has 0 amide bonds. The number of hydrogen-bond donors (Lipinski definition) is 1. The van der Waals surface area contributed by atoms with Crippen LogP contribution in [0.2, 0.25) is 0 Å². The maximum Gasteiger partial charge on any atom is 0.0939 e. The van der Waals surface area contributed by atoms with Crippen molar-refractivity contribution >= 4 is 32.1 Å². The lowest BCUT2D eigenvalue weighted by Crippen LogP contribution is -1.99. The van der Waals surface area contributed by atoms with Crippen molar-refractivity contribution in [1.82, 2.24) is 15.0 Å². The van der Waals surface area contributed by atoms with Crippen LogP contribution in [0.15, 0.2) is 23.7 Å². The summed E-state index contributed by atoms with van der Waals surface area (Å²) in [7, 11) is 1.82. The van der Waals surface area contributed by atoms with Crippen molar-refractivity contribution in [2.45, 2.75) is 12.5 Å². The van der Waals surface area contributed by atoms with Crippen molar-refractivity contribution in [3.8, 4) is 0 Å². The Balaban J connectivity index is 1.82. The first-order chi connectivity index (χ1) is 8.22.